The van der Waals surface area contributed by atoms with Gasteiger partial charge in [-0.2, -0.15) is 4.98 Å². The maximum absolute atomic E-state index is 5.53. The molecule has 0 bridgehead atoms. The van der Waals surface area contributed by atoms with Crippen LogP contribution in [0.3, 0.4) is 0 Å². The Kier molecular flexibility index (Phi) is 5.57. The minimum absolute atomic E-state index is 0.0629. The second-order valence-electron chi connectivity index (χ2n) is 8.27. The van der Waals surface area contributed by atoms with Crippen molar-refractivity contribution in [2.24, 2.45) is 5.92 Å². The summed E-state index contributed by atoms with van der Waals surface area (Å²) >= 11 is 0. The number of rotatable bonds is 4. The first kappa shape index (κ1) is 17.8. The van der Waals surface area contributed by atoms with Crippen LogP contribution >= 0.6 is 0 Å². The second kappa shape index (κ2) is 7.50. The highest BCUT2D eigenvalue weighted by molar-refractivity contribution is 5.02. The zero-order chi connectivity index (χ0) is 17.2. The summed E-state index contributed by atoms with van der Waals surface area (Å²) in [6.45, 7) is 15.9. The quantitative estimate of drug-likeness (QED) is 0.842. The van der Waals surface area contributed by atoms with Crippen LogP contribution in [0.4, 0.5) is 0 Å². The van der Waals surface area contributed by atoms with E-state index in [1.54, 1.807) is 0 Å². The Labute approximate surface area is 145 Å². The topological polar surface area (TPSA) is 54.6 Å². The fraction of sp³-hybridized carbons (Fsp3) is 0.889. The van der Waals surface area contributed by atoms with Gasteiger partial charge in [0.15, 0.2) is 5.82 Å². The molecule has 1 atom stereocenters. The van der Waals surface area contributed by atoms with Gasteiger partial charge in [0.25, 0.3) is 0 Å². The van der Waals surface area contributed by atoms with Gasteiger partial charge < -0.3 is 9.26 Å². The molecule has 0 spiro atoms. The van der Waals surface area contributed by atoms with Crippen LogP contribution in [0.2, 0.25) is 0 Å². The van der Waals surface area contributed by atoms with Crippen molar-refractivity contribution in [2.45, 2.75) is 52.0 Å². The van der Waals surface area contributed by atoms with Gasteiger partial charge in [-0.15, -0.1) is 0 Å². The molecule has 1 aromatic heterocycles. The van der Waals surface area contributed by atoms with Gasteiger partial charge in [0.2, 0.25) is 5.89 Å². The lowest BCUT2D eigenvalue weighted by atomic mass is 9.95. The van der Waals surface area contributed by atoms with Crippen molar-refractivity contribution >= 4 is 0 Å². The lowest BCUT2D eigenvalue weighted by Gasteiger charge is -2.37. The second-order valence-corrected chi connectivity index (χ2v) is 8.27. The number of nitrogens with zero attached hydrogens (tertiary/aromatic N) is 4. The maximum Gasteiger partial charge on any atom is 0.243 e. The first-order valence-electron chi connectivity index (χ1n) is 9.31. The molecular formula is C18H32N4O2. The Hall–Kier alpha value is -0.980. The van der Waals surface area contributed by atoms with E-state index in [4.69, 9.17) is 9.26 Å². The molecule has 136 valence electrons. The van der Waals surface area contributed by atoms with E-state index in [0.29, 0.717) is 0 Å². The summed E-state index contributed by atoms with van der Waals surface area (Å²) in [6, 6.07) is 0.206. The van der Waals surface area contributed by atoms with E-state index in [1.807, 2.05) is 0 Å². The number of hydrogen-bond donors (Lipinski definition) is 0. The highest BCUT2D eigenvalue weighted by Crippen LogP contribution is 2.28. The molecule has 3 heterocycles. The van der Waals surface area contributed by atoms with Crippen LogP contribution in [0, 0.1) is 5.92 Å². The summed E-state index contributed by atoms with van der Waals surface area (Å²) in [5.74, 6) is 2.36. The lowest BCUT2D eigenvalue weighted by molar-refractivity contribution is 0.0217. The number of ether oxygens (including phenoxy) is 1. The monoisotopic (exact) mass is 336 g/mol. The van der Waals surface area contributed by atoms with Crippen molar-refractivity contribution in [3.05, 3.63) is 11.7 Å². The van der Waals surface area contributed by atoms with Crippen LogP contribution in [0.25, 0.3) is 0 Å². The Morgan fingerprint density at radius 2 is 1.79 bits per heavy atom. The van der Waals surface area contributed by atoms with Crippen molar-refractivity contribution in [1.82, 2.24) is 19.9 Å². The fourth-order valence-electron chi connectivity index (χ4n) is 3.54. The van der Waals surface area contributed by atoms with Crippen molar-refractivity contribution in [3.8, 4) is 0 Å². The van der Waals surface area contributed by atoms with Crippen LogP contribution < -0.4 is 0 Å². The van der Waals surface area contributed by atoms with Gasteiger partial charge in [-0.1, -0.05) is 25.9 Å². The van der Waals surface area contributed by atoms with E-state index in [2.05, 4.69) is 47.6 Å². The summed E-state index contributed by atoms with van der Waals surface area (Å²) in [7, 11) is 0. The number of aromatic nitrogens is 2. The average molecular weight is 336 g/mol. The van der Waals surface area contributed by atoms with Gasteiger partial charge >= 0.3 is 0 Å². The van der Waals surface area contributed by atoms with E-state index in [-0.39, 0.29) is 11.5 Å². The molecule has 0 aromatic carbocycles. The smallest absolute Gasteiger partial charge is 0.243 e. The fourth-order valence-corrected chi connectivity index (χ4v) is 3.54. The molecule has 2 aliphatic rings. The molecular weight excluding hydrogens is 304 g/mol. The van der Waals surface area contributed by atoms with Gasteiger partial charge in [0, 0.05) is 25.0 Å². The first-order valence-corrected chi connectivity index (χ1v) is 9.31. The highest BCUT2D eigenvalue weighted by atomic mass is 16.5. The predicted octanol–water partition coefficient (Wildman–Crippen LogP) is 2.47. The number of likely N-dealkylation sites (tertiary alicyclic amines) is 1. The molecule has 3 rings (SSSR count). The zero-order valence-corrected chi connectivity index (χ0v) is 15.6. The minimum atomic E-state index is -0.0629. The largest absolute Gasteiger partial charge is 0.379 e. The molecule has 0 aliphatic carbocycles. The summed E-state index contributed by atoms with van der Waals surface area (Å²) in [6.07, 6.45) is 2.50. The Balaban J connectivity index is 1.49. The summed E-state index contributed by atoms with van der Waals surface area (Å²) in [4.78, 5) is 9.67. The van der Waals surface area contributed by atoms with E-state index in [1.165, 1.54) is 19.4 Å². The van der Waals surface area contributed by atoms with Gasteiger partial charge in [-0.3, -0.25) is 9.80 Å². The van der Waals surface area contributed by atoms with E-state index in [9.17, 15) is 0 Å². The zero-order valence-electron chi connectivity index (χ0n) is 15.6. The highest BCUT2D eigenvalue weighted by Gasteiger charge is 2.29. The first-order chi connectivity index (χ1) is 11.4. The van der Waals surface area contributed by atoms with Crippen LogP contribution in [0.5, 0.6) is 0 Å². The summed E-state index contributed by atoms with van der Waals surface area (Å²) in [5, 5.41) is 4.16. The standard InChI is InChI=1S/C18H32N4O2/c1-14(16-19-17(20-24-16)18(2,3)4)22-7-5-15(6-8-22)13-21-9-11-23-12-10-21/h14-15H,5-13H2,1-4H3/t14-/m0/s1. The van der Waals surface area contributed by atoms with Crippen LogP contribution in [0.1, 0.15) is 58.3 Å². The Bertz CT molecular complexity index is 511. The van der Waals surface area contributed by atoms with Crippen molar-refractivity contribution in [2.75, 3.05) is 45.9 Å². The van der Waals surface area contributed by atoms with Crippen LogP contribution in [-0.2, 0) is 10.2 Å². The van der Waals surface area contributed by atoms with Crippen molar-refractivity contribution < 1.29 is 9.26 Å². The third-order valence-electron chi connectivity index (χ3n) is 5.29. The molecule has 2 saturated heterocycles. The maximum atomic E-state index is 5.53. The average Bonchev–Trinajstić information content (AvgIpc) is 3.06. The van der Waals surface area contributed by atoms with Crippen LogP contribution in [0.15, 0.2) is 4.52 Å². The van der Waals surface area contributed by atoms with Crippen molar-refractivity contribution in [3.63, 3.8) is 0 Å². The molecule has 6 heteroatoms. The Morgan fingerprint density at radius 3 is 2.38 bits per heavy atom. The van der Waals surface area contributed by atoms with Crippen LogP contribution in [-0.4, -0.2) is 65.9 Å². The third-order valence-corrected chi connectivity index (χ3v) is 5.29. The van der Waals surface area contributed by atoms with Gasteiger partial charge in [0.1, 0.15) is 0 Å². The molecule has 0 N–H and O–H groups in total. The normalized spacial score (nSPS) is 23.5. The van der Waals surface area contributed by atoms with Gasteiger partial charge in [0.05, 0.1) is 19.3 Å². The summed E-state index contributed by atoms with van der Waals surface area (Å²) in [5.41, 5.74) is -0.0629. The molecule has 2 fully saturated rings. The number of hydrogen-bond acceptors (Lipinski definition) is 6. The molecule has 6 nitrogen and oxygen atoms in total. The van der Waals surface area contributed by atoms with Gasteiger partial charge in [-0.05, 0) is 38.8 Å². The van der Waals surface area contributed by atoms with Crippen molar-refractivity contribution in [1.29, 1.82) is 0 Å². The molecule has 0 radical (unpaired) electrons. The van der Waals surface area contributed by atoms with E-state index >= 15 is 0 Å². The molecule has 0 amide bonds. The predicted molar refractivity (Wildman–Crippen MR) is 93.0 cm³/mol. The van der Waals surface area contributed by atoms with Gasteiger partial charge in [-0.25, -0.2) is 0 Å². The SMILES string of the molecule is C[C@@H](c1nc(C(C)(C)C)no1)N1CCC(CN2CCOCC2)CC1. The summed E-state index contributed by atoms with van der Waals surface area (Å²) < 4.78 is 11.0. The molecule has 1 aromatic rings. The van der Waals surface area contributed by atoms with E-state index < -0.39 is 0 Å². The van der Waals surface area contributed by atoms with E-state index in [0.717, 1.165) is 57.0 Å². The molecule has 24 heavy (non-hydrogen) atoms. The number of piperidine rings is 1. The molecule has 0 saturated carbocycles. The third kappa shape index (κ3) is 4.35. The lowest BCUT2D eigenvalue weighted by Crippen LogP contribution is -2.43. The minimum Gasteiger partial charge on any atom is -0.379 e. The Morgan fingerprint density at radius 1 is 1.12 bits per heavy atom. The number of morpholine rings is 1. The molecule has 0 unspecified atom stereocenters. The molecule has 2 aliphatic heterocycles.